The van der Waals surface area contributed by atoms with Crippen LogP contribution >= 0.6 is 0 Å². The highest BCUT2D eigenvalue weighted by Crippen LogP contribution is 2.42. The number of amides is 1. The van der Waals surface area contributed by atoms with E-state index in [1.807, 2.05) is 32.9 Å². The van der Waals surface area contributed by atoms with Crippen LogP contribution in [0.2, 0.25) is 0 Å². The second-order valence-electron chi connectivity index (χ2n) is 14.3. The molecule has 4 N–H and O–H groups in total. The summed E-state index contributed by atoms with van der Waals surface area (Å²) in [7, 11) is 5.85. The lowest BCUT2D eigenvalue weighted by atomic mass is 9.91. The second kappa shape index (κ2) is 17.7. The van der Waals surface area contributed by atoms with Crippen molar-refractivity contribution >= 4 is 18.1 Å². The number of Topliss-reactive ketones (excluding diaryl/α,β-unsaturated/α-hetero) is 1. The molecule has 0 bridgehead atoms. The summed E-state index contributed by atoms with van der Waals surface area (Å²) < 4.78 is 27.6. The van der Waals surface area contributed by atoms with Gasteiger partial charge in [-0.25, -0.2) is 4.79 Å². The highest BCUT2D eigenvalue weighted by atomic mass is 16.6. The van der Waals surface area contributed by atoms with Crippen molar-refractivity contribution in [3.63, 3.8) is 0 Å². The molecule has 0 spiro atoms. The molecule has 1 unspecified atom stereocenters. The summed E-state index contributed by atoms with van der Waals surface area (Å²) >= 11 is 0. The van der Waals surface area contributed by atoms with Crippen LogP contribution in [-0.4, -0.2) is 103 Å². The third kappa shape index (κ3) is 8.42. The van der Waals surface area contributed by atoms with E-state index in [2.05, 4.69) is 27.2 Å². The summed E-state index contributed by atoms with van der Waals surface area (Å²) in [4.78, 5) is 31.1. The average Bonchev–Trinajstić information content (AvgIpc) is 3.61. The van der Waals surface area contributed by atoms with E-state index in [-0.39, 0.29) is 28.7 Å². The molecule has 6 rings (SSSR count). The number of nitrogens with zero attached hydrogens (tertiary/aromatic N) is 3. The largest absolute Gasteiger partial charge is 0.508 e. The Labute approximate surface area is 337 Å². The second-order valence-corrected chi connectivity index (χ2v) is 14.3. The number of hydrogen-bond donors (Lipinski definition) is 4. The third-order valence-electron chi connectivity index (χ3n) is 10.4. The van der Waals surface area contributed by atoms with Gasteiger partial charge in [0.1, 0.15) is 17.2 Å². The fourth-order valence-corrected chi connectivity index (χ4v) is 7.20. The molecule has 1 aliphatic heterocycles. The van der Waals surface area contributed by atoms with Crippen LogP contribution in [0.4, 0.5) is 4.79 Å². The topological polar surface area (TPSA) is 180 Å². The molecular formula is C44H49N5O9. The molecule has 0 aliphatic carbocycles. The Morgan fingerprint density at radius 3 is 2.07 bits per heavy atom. The van der Waals surface area contributed by atoms with Crippen molar-refractivity contribution < 1.29 is 43.5 Å². The van der Waals surface area contributed by atoms with Crippen LogP contribution in [0, 0.1) is 12.3 Å². The van der Waals surface area contributed by atoms with Crippen molar-refractivity contribution in [3.05, 3.63) is 94.7 Å². The number of nitrogens with one attached hydrogen (secondary N) is 2. The molecule has 1 aliphatic rings. The molecule has 0 radical (unpaired) electrons. The van der Waals surface area contributed by atoms with Crippen molar-refractivity contribution in [2.24, 2.45) is 0 Å². The molecule has 1 fully saturated rings. The van der Waals surface area contributed by atoms with Gasteiger partial charge in [-0.3, -0.25) is 14.8 Å². The molecule has 4 aromatic carbocycles. The van der Waals surface area contributed by atoms with Crippen LogP contribution in [0.25, 0.3) is 22.4 Å². The van der Waals surface area contributed by atoms with Crippen LogP contribution in [0.3, 0.4) is 0 Å². The zero-order valence-electron chi connectivity index (χ0n) is 33.7. The van der Waals surface area contributed by atoms with Gasteiger partial charge in [-0.05, 0) is 65.4 Å². The van der Waals surface area contributed by atoms with Gasteiger partial charge < -0.3 is 44.2 Å². The number of carbonyl (C=O) groups is 2. The van der Waals surface area contributed by atoms with E-state index in [0.29, 0.717) is 72.5 Å². The van der Waals surface area contributed by atoms with Gasteiger partial charge in [-0.15, -0.1) is 0 Å². The molecule has 2 heterocycles. The summed E-state index contributed by atoms with van der Waals surface area (Å²) in [5.74, 6) is 0.0704. The molecule has 58 heavy (non-hydrogen) atoms. The van der Waals surface area contributed by atoms with E-state index in [4.69, 9.17) is 29.1 Å². The van der Waals surface area contributed by atoms with Crippen molar-refractivity contribution in [2.45, 2.75) is 39.2 Å². The van der Waals surface area contributed by atoms with Crippen molar-refractivity contribution in [1.29, 1.82) is 5.41 Å². The minimum atomic E-state index is -1.000. The van der Waals surface area contributed by atoms with Crippen LogP contribution in [0.5, 0.6) is 40.2 Å². The zero-order chi connectivity index (χ0) is 41.7. The first-order valence-corrected chi connectivity index (χ1v) is 18.8. The maximum Gasteiger partial charge on any atom is 0.415 e. The van der Waals surface area contributed by atoms with Gasteiger partial charge in [0.25, 0.3) is 0 Å². The Morgan fingerprint density at radius 1 is 0.828 bits per heavy atom. The molecule has 304 valence electrons. The highest BCUT2D eigenvalue weighted by molar-refractivity contribution is 6.10. The van der Waals surface area contributed by atoms with E-state index < -0.39 is 17.8 Å². The molecule has 14 nitrogen and oxygen atoms in total. The van der Waals surface area contributed by atoms with Gasteiger partial charge in [-0.1, -0.05) is 44.2 Å². The summed E-state index contributed by atoms with van der Waals surface area (Å²) in [6.45, 7) is 8.70. The maximum absolute atomic E-state index is 13.7. The Balaban J connectivity index is 1.10. The fraction of sp³-hybridized carbons (Fsp3) is 0.318. The smallest absolute Gasteiger partial charge is 0.415 e. The summed E-state index contributed by atoms with van der Waals surface area (Å²) in [5.41, 5.74) is 6.33. The number of aryl methyl sites for hydroxylation is 1. The predicted molar refractivity (Wildman–Crippen MR) is 219 cm³/mol. The summed E-state index contributed by atoms with van der Waals surface area (Å²) in [5, 5.41) is 36.9. The van der Waals surface area contributed by atoms with Gasteiger partial charge in [-0.2, -0.15) is 5.10 Å². The number of H-pyrrole nitrogens is 1. The number of phenolic OH excluding ortho intramolecular Hbond substituents is 2. The number of aromatic amines is 1. The number of methoxy groups -OCH3 is 4. The standard InChI is InChI=1S/C44H49N5O9/c1-25(2)31-21-32(35(51)22-34(31)50)41-40(26(3)46-47-41)28-10-8-27(9-11-28)24-48-14-16-49(17-15-48)44(53)58-37-18-29(12-13-36(37)54-4)33(23-45)42(52)30-19-38(55-5)43(57-7)39(20-30)56-6/h8-13,18-23,25,33,45,50-51H,14-17,24H2,1-7H3,(H,46,47). The summed E-state index contributed by atoms with van der Waals surface area (Å²) in [6, 6.07) is 19.2. The van der Waals surface area contributed by atoms with Gasteiger partial charge >= 0.3 is 6.09 Å². The quantitative estimate of drug-likeness (QED) is 0.0644. The maximum atomic E-state index is 13.7. The predicted octanol–water partition coefficient (Wildman–Crippen LogP) is 7.55. The first kappa shape index (κ1) is 41.1. The number of rotatable bonds is 14. The van der Waals surface area contributed by atoms with Crippen molar-refractivity contribution in [1.82, 2.24) is 20.0 Å². The number of ether oxygens (including phenoxy) is 5. The van der Waals surface area contributed by atoms with E-state index in [1.165, 1.54) is 46.6 Å². The fourth-order valence-electron chi connectivity index (χ4n) is 7.20. The van der Waals surface area contributed by atoms with Gasteiger partial charge in [0.05, 0.1) is 34.4 Å². The molecule has 1 aromatic heterocycles. The molecule has 14 heteroatoms. The van der Waals surface area contributed by atoms with Crippen molar-refractivity contribution in [3.8, 4) is 62.6 Å². The van der Waals surface area contributed by atoms with Crippen LogP contribution in [0.1, 0.15) is 58.4 Å². The van der Waals surface area contributed by atoms with E-state index in [1.54, 1.807) is 29.2 Å². The monoisotopic (exact) mass is 791 g/mol. The molecular weight excluding hydrogens is 743 g/mol. The molecule has 1 atom stereocenters. The number of aromatic nitrogens is 2. The van der Waals surface area contributed by atoms with E-state index in [0.717, 1.165) is 34.2 Å². The number of hydrogen-bond acceptors (Lipinski definition) is 12. The lowest BCUT2D eigenvalue weighted by Gasteiger charge is -2.34. The zero-order valence-corrected chi connectivity index (χ0v) is 33.7. The Morgan fingerprint density at radius 2 is 1.48 bits per heavy atom. The minimum absolute atomic E-state index is 0.0426. The number of piperazine rings is 1. The van der Waals surface area contributed by atoms with Gasteiger partial charge in [0.15, 0.2) is 28.8 Å². The number of aromatic hydroxyl groups is 2. The van der Waals surface area contributed by atoms with Crippen molar-refractivity contribution in [2.75, 3.05) is 54.6 Å². The van der Waals surface area contributed by atoms with Gasteiger partial charge in [0, 0.05) is 67.4 Å². The van der Waals surface area contributed by atoms with Crippen LogP contribution < -0.4 is 23.7 Å². The lowest BCUT2D eigenvalue weighted by molar-refractivity contribution is 0.0983. The third-order valence-corrected chi connectivity index (χ3v) is 10.4. The first-order valence-electron chi connectivity index (χ1n) is 18.8. The average molecular weight is 792 g/mol. The molecule has 5 aromatic rings. The van der Waals surface area contributed by atoms with Gasteiger partial charge in [0.2, 0.25) is 5.75 Å². The first-order chi connectivity index (χ1) is 27.9. The number of carbonyl (C=O) groups excluding carboxylic acids is 2. The highest BCUT2D eigenvalue weighted by Gasteiger charge is 2.28. The SMILES string of the molecule is COc1ccc(C(C=N)C(=O)c2cc(OC)c(OC)c(OC)c2)cc1OC(=O)N1CCN(Cc2ccc(-c3c(-c4cc(C(C)C)c(O)cc4O)n[nH]c3C)cc2)CC1. The lowest BCUT2D eigenvalue weighted by Crippen LogP contribution is -2.49. The Kier molecular flexibility index (Phi) is 12.6. The van der Waals surface area contributed by atoms with Crippen LogP contribution in [-0.2, 0) is 6.54 Å². The Hall–Kier alpha value is -6.54. The van der Waals surface area contributed by atoms with E-state index >= 15 is 0 Å². The van der Waals surface area contributed by atoms with Crippen LogP contribution in [0.15, 0.2) is 66.7 Å². The molecule has 0 saturated carbocycles. The number of ketones is 1. The Bertz CT molecular complexity index is 2270. The number of benzene rings is 4. The number of phenols is 2. The van der Waals surface area contributed by atoms with E-state index in [9.17, 15) is 19.8 Å². The molecule has 1 saturated heterocycles. The summed E-state index contributed by atoms with van der Waals surface area (Å²) in [6.07, 6.45) is 0.487. The minimum Gasteiger partial charge on any atom is -0.508 e. The molecule has 1 amide bonds. The normalized spacial score (nSPS) is 13.6.